The van der Waals surface area contributed by atoms with Gasteiger partial charge in [-0.2, -0.15) is 11.8 Å². The van der Waals surface area contributed by atoms with Gasteiger partial charge in [-0.3, -0.25) is 9.59 Å². The van der Waals surface area contributed by atoms with Crippen LogP contribution in [0.2, 0.25) is 0 Å². The molecule has 39 heavy (non-hydrogen) atoms. The minimum Gasteiger partial charge on any atom is -0.361 e. The van der Waals surface area contributed by atoms with Crippen LogP contribution in [0.3, 0.4) is 0 Å². The zero-order valence-corrected chi connectivity index (χ0v) is 24.4. The van der Waals surface area contributed by atoms with Crippen molar-refractivity contribution in [2.75, 3.05) is 37.7 Å². The van der Waals surface area contributed by atoms with Crippen LogP contribution in [0.4, 0.5) is 0 Å². The van der Waals surface area contributed by atoms with Crippen molar-refractivity contribution >= 4 is 45.8 Å². The van der Waals surface area contributed by atoms with Gasteiger partial charge in [0.25, 0.3) is 5.91 Å². The maximum atomic E-state index is 13.3. The van der Waals surface area contributed by atoms with Crippen molar-refractivity contribution in [3.63, 3.8) is 0 Å². The van der Waals surface area contributed by atoms with Crippen LogP contribution in [0.1, 0.15) is 90.7 Å². The van der Waals surface area contributed by atoms with Gasteiger partial charge in [0, 0.05) is 61.0 Å². The lowest BCUT2D eigenvalue weighted by Gasteiger charge is -2.32. The molecular weight excluding hydrogens is 525 g/mol. The normalized spacial score (nSPS) is 21.2. The molecule has 5 heterocycles. The molecule has 0 spiro atoms. The highest BCUT2D eigenvalue weighted by Crippen LogP contribution is 2.35. The van der Waals surface area contributed by atoms with E-state index in [0.717, 1.165) is 69.2 Å². The van der Waals surface area contributed by atoms with E-state index in [0.29, 0.717) is 29.9 Å². The van der Waals surface area contributed by atoms with E-state index < -0.39 is 0 Å². The van der Waals surface area contributed by atoms with Crippen LogP contribution < -0.4 is 0 Å². The molecule has 0 saturated carbocycles. The van der Waals surface area contributed by atoms with Gasteiger partial charge in [-0.15, -0.1) is 11.3 Å². The molecule has 3 fully saturated rings. The first-order chi connectivity index (χ1) is 19.2. The molecular formula is C31H40N4O2S2. The number of fused-ring (bicyclic) bond motifs is 1. The van der Waals surface area contributed by atoms with Gasteiger partial charge < -0.3 is 14.8 Å². The molecule has 1 aromatic carbocycles. The number of likely N-dealkylation sites (tertiary alicyclic amines) is 2. The molecule has 2 aromatic heterocycles. The minimum absolute atomic E-state index is 0.0682. The fourth-order valence-corrected chi connectivity index (χ4v) is 8.91. The standard InChI is InChI=1S/C31H40N4O2S2/c36-29(8-4-1-5-22-13-18-38-20-22)34-14-11-24(12-15-34)30-33-28(21-39-30)31(37)35-16-9-23(10-17-35)26-19-32-27-7-3-2-6-25(26)27/h2-3,6-7,19,21-24,32H,1,4-5,8-18,20H2. The second-order valence-corrected chi connectivity index (χ2v) is 13.6. The Labute approximate surface area is 239 Å². The van der Waals surface area contributed by atoms with Crippen LogP contribution in [0.15, 0.2) is 35.8 Å². The highest BCUT2D eigenvalue weighted by Gasteiger charge is 2.29. The number of rotatable bonds is 8. The third-order valence-electron chi connectivity index (χ3n) is 9.06. The summed E-state index contributed by atoms with van der Waals surface area (Å²) in [7, 11) is 0. The van der Waals surface area contributed by atoms with E-state index in [4.69, 9.17) is 4.98 Å². The molecule has 6 rings (SSSR count). The topological polar surface area (TPSA) is 69.3 Å². The molecule has 208 valence electrons. The lowest BCUT2D eigenvalue weighted by atomic mass is 9.89. The third kappa shape index (κ3) is 6.22. The Morgan fingerprint density at radius 3 is 2.51 bits per heavy atom. The van der Waals surface area contributed by atoms with Crippen LogP contribution in [0.5, 0.6) is 0 Å². The predicted octanol–water partition coefficient (Wildman–Crippen LogP) is 6.66. The summed E-state index contributed by atoms with van der Waals surface area (Å²) in [6, 6.07) is 8.47. The minimum atomic E-state index is 0.0682. The van der Waals surface area contributed by atoms with Gasteiger partial charge >= 0.3 is 0 Å². The van der Waals surface area contributed by atoms with Gasteiger partial charge in [0.1, 0.15) is 5.69 Å². The van der Waals surface area contributed by atoms with Gasteiger partial charge in [-0.05, 0) is 79.9 Å². The SMILES string of the molecule is O=C(CCCCC1CCSC1)N1CCC(c2nc(C(=O)N3CCC(c4c[nH]c5ccccc45)CC3)cs2)CC1. The smallest absolute Gasteiger partial charge is 0.273 e. The zero-order chi connectivity index (χ0) is 26.6. The number of carbonyl (C=O) groups is 2. The Kier molecular flexibility index (Phi) is 8.59. The molecule has 3 aromatic rings. The number of carbonyl (C=O) groups excluding carboxylic acids is 2. The summed E-state index contributed by atoms with van der Waals surface area (Å²) in [5.41, 5.74) is 3.16. The molecule has 2 amide bonds. The summed E-state index contributed by atoms with van der Waals surface area (Å²) in [5.74, 6) is 4.74. The summed E-state index contributed by atoms with van der Waals surface area (Å²) in [5, 5.41) is 4.32. The third-order valence-corrected chi connectivity index (χ3v) is 11.3. The van der Waals surface area contributed by atoms with Crippen molar-refractivity contribution in [3.8, 4) is 0 Å². The number of aromatic amines is 1. The first-order valence-electron chi connectivity index (χ1n) is 14.8. The number of thioether (sulfide) groups is 1. The Morgan fingerprint density at radius 2 is 1.72 bits per heavy atom. The Hall–Kier alpha value is -2.32. The van der Waals surface area contributed by atoms with Crippen LogP contribution in [0, 0.1) is 5.92 Å². The molecule has 3 aliphatic rings. The molecule has 3 aliphatic heterocycles. The van der Waals surface area contributed by atoms with Crippen LogP contribution in [-0.4, -0.2) is 69.3 Å². The number of thiazole rings is 1. The van der Waals surface area contributed by atoms with E-state index in [2.05, 4.69) is 52.1 Å². The Morgan fingerprint density at radius 1 is 0.949 bits per heavy atom. The number of piperidine rings is 2. The summed E-state index contributed by atoms with van der Waals surface area (Å²) in [4.78, 5) is 38.2. The van der Waals surface area contributed by atoms with Gasteiger partial charge in [-0.1, -0.05) is 24.6 Å². The molecule has 1 N–H and O–H groups in total. The van der Waals surface area contributed by atoms with Crippen molar-refractivity contribution in [3.05, 3.63) is 52.1 Å². The Balaban J connectivity index is 0.949. The maximum Gasteiger partial charge on any atom is 0.273 e. The molecule has 3 saturated heterocycles. The number of unbranched alkanes of at least 4 members (excludes halogenated alkanes) is 1. The van der Waals surface area contributed by atoms with Gasteiger partial charge in [0.2, 0.25) is 5.91 Å². The van der Waals surface area contributed by atoms with Crippen molar-refractivity contribution in [2.24, 2.45) is 5.92 Å². The highest BCUT2D eigenvalue weighted by molar-refractivity contribution is 7.99. The van der Waals surface area contributed by atoms with Crippen molar-refractivity contribution < 1.29 is 9.59 Å². The van der Waals surface area contributed by atoms with Crippen molar-refractivity contribution in [1.29, 1.82) is 0 Å². The fourth-order valence-electron chi connectivity index (χ4n) is 6.61. The number of para-hydroxylation sites is 1. The molecule has 1 unspecified atom stereocenters. The van der Waals surface area contributed by atoms with E-state index in [1.807, 2.05) is 10.3 Å². The molecule has 0 bridgehead atoms. The first kappa shape index (κ1) is 26.9. The number of hydrogen-bond donors (Lipinski definition) is 1. The van der Waals surface area contributed by atoms with Gasteiger partial charge in [0.15, 0.2) is 0 Å². The van der Waals surface area contributed by atoms with Crippen LogP contribution in [-0.2, 0) is 4.79 Å². The van der Waals surface area contributed by atoms with Gasteiger partial charge in [0.05, 0.1) is 5.01 Å². The summed E-state index contributed by atoms with van der Waals surface area (Å²) < 4.78 is 0. The van der Waals surface area contributed by atoms with E-state index in [-0.39, 0.29) is 5.91 Å². The van der Waals surface area contributed by atoms with Gasteiger partial charge in [-0.25, -0.2) is 4.98 Å². The first-order valence-corrected chi connectivity index (χ1v) is 16.9. The lowest BCUT2D eigenvalue weighted by molar-refractivity contribution is -0.132. The summed E-state index contributed by atoms with van der Waals surface area (Å²) in [6.45, 7) is 3.17. The van der Waals surface area contributed by atoms with Crippen LogP contribution in [0.25, 0.3) is 10.9 Å². The number of H-pyrrole nitrogens is 1. The molecule has 0 aliphatic carbocycles. The van der Waals surface area contributed by atoms with Crippen molar-refractivity contribution in [1.82, 2.24) is 19.8 Å². The average molecular weight is 565 g/mol. The maximum absolute atomic E-state index is 13.3. The molecule has 8 heteroatoms. The summed E-state index contributed by atoms with van der Waals surface area (Å²) in [6.07, 6.45) is 11.6. The monoisotopic (exact) mass is 564 g/mol. The van der Waals surface area contributed by atoms with E-state index in [9.17, 15) is 9.59 Å². The number of aromatic nitrogens is 2. The van der Waals surface area contributed by atoms with E-state index in [1.165, 1.54) is 47.2 Å². The number of hydrogen-bond acceptors (Lipinski definition) is 5. The second kappa shape index (κ2) is 12.5. The number of nitrogens with zero attached hydrogens (tertiary/aromatic N) is 3. The van der Waals surface area contributed by atoms with Crippen molar-refractivity contribution in [2.45, 2.75) is 69.6 Å². The molecule has 0 radical (unpaired) electrons. The number of amides is 2. The largest absolute Gasteiger partial charge is 0.361 e. The average Bonchev–Trinajstić information content (AvgIpc) is 3.76. The zero-order valence-electron chi connectivity index (χ0n) is 22.8. The Bertz CT molecular complexity index is 1260. The number of nitrogens with one attached hydrogen (secondary N) is 1. The quantitative estimate of drug-likeness (QED) is 0.311. The van der Waals surface area contributed by atoms with E-state index in [1.54, 1.807) is 11.3 Å². The second-order valence-electron chi connectivity index (χ2n) is 11.6. The van der Waals surface area contributed by atoms with Crippen LogP contribution >= 0.6 is 23.1 Å². The lowest BCUT2D eigenvalue weighted by Crippen LogP contribution is -2.38. The fraction of sp³-hybridized carbons (Fsp3) is 0.581. The number of benzene rings is 1. The molecule has 6 nitrogen and oxygen atoms in total. The van der Waals surface area contributed by atoms with E-state index >= 15 is 0 Å². The predicted molar refractivity (Wildman–Crippen MR) is 161 cm³/mol. The summed E-state index contributed by atoms with van der Waals surface area (Å²) >= 11 is 3.69. The molecule has 1 atom stereocenters. The highest BCUT2D eigenvalue weighted by atomic mass is 32.2.